The summed E-state index contributed by atoms with van der Waals surface area (Å²) >= 11 is 0. The molecule has 0 saturated heterocycles. The zero-order valence-corrected chi connectivity index (χ0v) is 19.0. The van der Waals surface area contributed by atoms with Gasteiger partial charge in [0.2, 0.25) is 0 Å². The predicted molar refractivity (Wildman–Crippen MR) is 126 cm³/mol. The Hall–Kier alpha value is -3.82. The summed E-state index contributed by atoms with van der Waals surface area (Å²) < 4.78 is 12.1. The molecule has 1 amide bonds. The van der Waals surface area contributed by atoms with Crippen LogP contribution in [0.2, 0.25) is 0 Å². The van der Waals surface area contributed by atoms with E-state index in [1.54, 1.807) is 19.1 Å². The Labute approximate surface area is 189 Å². The molecule has 2 aromatic heterocycles. The SMILES string of the molecule is CCCCN(C(=O)COc1ccc2c(C)cc(=O)oc2c1)c1c(N)n(CCC)c(=O)[nH]c1=O. The molecule has 0 radical (unpaired) electrons. The van der Waals surface area contributed by atoms with E-state index in [0.717, 1.165) is 17.4 Å². The number of unbranched alkanes of at least 4 members (excludes halogenated alkanes) is 1. The molecule has 3 N–H and O–H groups in total. The number of hydrogen-bond donors (Lipinski definition) is 2. The van der Waals surface area contributed by atoms with Crippen LogP contribution in [0.15, 0.2) is 43.1 Å². The van der Waals surface area contributed by atoms with Gasteiger partial charge in [0.25, 0.3) is 11.5 Å². The first-order valence-electron chi connectivity index (χ1n) is 10.9. The summed E-state index contributed by atoms with van der Waals surface area (Å²) in [6.45, 7) is 5.80. The molecule has 0 aliphatic rings. The maximum Gasteiger partial charge on any atom is 0.336 e. The molecule has 10 heteroatoms. The van der Waals surface area contributed by atoms with Crippen LogP contribution in [0.1, 0.15) is 38.7 Å². The molecule has 1 aromatic carbocycles. The van der Waals surface area contributed by atoms with Gasteiger partial charge in [0.1, 0.15) is 17.2 Å². The number of carbonyl (C=O) groups is 1. The first-order chi connectivity index (χ1) is 15.8. The molecule has 10 nitrogen and oxygen atoms in total. The Morgan fingerprint density at radius 2 is 1.94 bits per heavy atom. The highest BCUT2D eigenvalue weighted by Gasteiger charge is 2.24. The Bertz CT molecular complexity index is 1340. The molecule has 0 aliphatic carbocycles. The van der Waals surface area contributed by atoms with Gasteiger partial charge in [0, 0.05) is 30.6 Å². The van der Waals surface area contributed by atoms with E-state index in [9.17, 15) is 19.2 Å². The van der Waals surface area contributed by atoms with E-state index in [0.29, 0.717) is 30.7 Å². The number of nitrogens with one attached hydrogen (secondary N) is 1. The van der Waals surface area contributed by atoms with Gasteiger partial charge in [-0.1, -0.05) is 20.3 Å². The number of nitrogen functional groups attached to an aromatic ring is 1. The van der Waals surface area contributed by atoms with Crippen molar-refractivity contribution < 1.29 is 13.9 Å². The first kappa shape index (κ1) is 23.8. The average Bonchev–Trinajstić information content (AvgIpc) is 2.76. The average molecular weight is 456 g/mol. The number of ether oxygens (including phenoxy) is 1. The second-order valence-electron chi connectivity index (χ2n) is 7.74. The van der Waals surface area contributed by atoms with Crippen molar-refractivity contribution in [2.75, 3.05) is 23.8 Å². The van der Waals surface area contributed by atoms with Gasteiger partial charge in [-0.05, 0) is 37.5 Å². The van der Waals surface area contributed by atoms with Crippen molar-refractivity contribution in [1.82, 2.24) is 9.55 Å². The number of rotatable bonds is 9. The number of H-pyrrole nitrogens is 1. The number of hydrogen-bond acceptors (Lipinski definition) is 7. The summed E-state index contributed by atoms with van der Waals surface area (Å²) in [6.07, 6.45) is 2.03. The fraction of sp³-hybridized carbons (Fsp3) is 0.391. The van der Waals surface area contributed by atoms with E-state index in [1.165, 1.54) is 21.6 Å². The Kier molecular flexibility index (Phi) is 7.37. The first-order valence-corrected chi connectivity index (χ1v) is 10.9. The van der Waals surface area contributed by atoms with Gasteiger partial charge in [-0.15, -0.1) is 0 Å². The molecule has 0 atom stereocenters. The molecule has 176 valence electrons. The van der Waals surface area contributed by atoms with Gasteiger partial charge in [-0.2, -0.15) is 0 Å². The number of amides is 1. The quantitative estimate of drug-likeness (QED) is 0.470. The molecule has 0 bridgehead atoms. The molecule has 33 heavy (non-hydrogen) atoms. The van der Waals surface area contributed by atoms with Gasteiger partial charge in [0.05, 0.1) is 0 Å². The Balaban J connectivity index is 1.90. The zero-order valence-electron chi connectivity index (χ0n) is 19.0. The minimum atomic E-state index is -0.725. The maximum atomic E-state index is 13.1. The summed E-state index contributed by atoms with van der Waals surface area (Å²) in [7, 11) is 0. The highest BCUT2D eigenvalue weighted by molar-refractivity contribution is 5.96. The van der Waals surface area contributed by atoms with Crippen LogP contribution in [-0.2, 0) is 11.3 Å². The van der Waals surface area contributed by atoms with E-state index in [-0.39, 0.29) is 24.7 Å². The molecule has 0 saturated carbocycles. The van der Waals surface area contributed by atoms with Crippen molar-refractivity contribution in [2.45, 2.75) is 46.6 Å². The van der Waals surface area contributed by atoms with Crippen LogP contribution in [0.3, 0.4) is 0 Å². The van der Waals surface area contributed by atoms with E-state index in [1.807, 2.05) is 13.8 Å². The van der Waals surface area contributed by atoms with E-state index >= 15 is 0 Å². The fourth-order valence-electron chi connectivity index (χ4n) is 3.58. The van der Waals surface area contributed by atoms with E-state index < -0.39 is 22.8 Å². The van der Waals surface area contributed by atoms with Gasteiger partial charge in [-0.3, -0.25) is 19.1 Å². The van der Waals surface area contributed by atoms with Crippen molar-refractivity contribution in [2.24, 2.45) is 0 Å². The minimum Gasteiger partial charge on any atom is -0.484 e. The number of carbonyl (C=O) groups excluding carboxylic acids is 1. The van der Waals surface area contributed by atoms with E-state index in [2.05, 4.69) is 4.98 Å². The largest absolute Gasteiger partial charge is 0.484 e. The Morgan fingerprint density at radius 1 is 1.18 bits per heavy atom. The second-order valence-corrected chi connectivity index (χ2v) is 7.74. The smallest absolute Gasteiger partial charge is 0.336 e. The molecule has 2 heterocycles. The summed E-state index contributed by atoms with van der Waals surface area (Å²) in [6, 6.07) is 6.35. The second kappa shape index (κ2) is 10.2. The third kappa shape index (κ3) is 5.16. The summed E-state index contributed by atoms with van der Waals surface area (Å²) in [5.41, 5.74) is 5.38. The van der Waals surface area contributed by atoms with Crippen LogP contribution in [0.25, 0.3) is 11.0 Å². The lowest BCUT2D eigenvalue weighted by Crippen LogP contribution is -2.43. The van der Waals surface area contributed by atoms with Crippen LogP contribution in [0.4, 0.5) is 11.5 Å². The van der Waals surface area contributed by atoms with Crippen LogP contribution < -0.4 is 32.2 Å². The molecule has 0 spiro atoms. The summed E-state index contributed by atoms with van der Waals surface area (Å²) in [5.74, 6) is -0.218. The highest BCUT2D eigenvalue weighted by Crippen LogP contribution is 2.23. The minimum absolute atomic E-state index is 0.0574. The van der Waals surface area contributed by atoms with Gasteiger partial charge in [0.15, 0.2) is 12.3 Å². The number of nitrogens with two attached hydrogens (primary N) is 1. The fourth-order valence-corrected chi connectivity index (χ4v) is 3.58. The maximum absolute atomic E-state index is 13.1. The number of anilines is 2. The van der Waals surface area contributed by atoms with Crippen LogP contribution in [-0.4, -0.2) is 28.6 Å². The zero-order chi connectivity index (χ0) is 24.1. The number of fused-ring (bicyclic) bond motifs is 1. The lowest BCUT2D eigenvalue weighted by molar-refractivity contribution is -0.120. The van der Waals surface area contributed by atoms with Crippen LogP contribution in [0.5, 0.6) is 5.75 Å². The number of benzene rings is 1. The molecule has 0 fully saturated rings. The topological polar surface area (TPSA) is 141 Å². The molecule has 0 aliphatic heterocycles. The van der Waals surface area contributed by atoms with Crippen molar-refractivity contribution in [3.8, 4) is 5.75 Å². The number of nitrogens with zero attached hydrogens (tertiary/aromatic N) is 2. The van der Waals surface area contributed by atoms with E-state index in [4.69, 9.17) is 14.9 Å². The van der Waals surface area contributed by atoms with Crippen molar-refractivity contribution >= 4 is 28.4 Å². The number of aromatic amines is 1. The lowest BCUT2D eigenvalue weighted by Gasteiger charge is -2.24. The molecule has 0 unspecified atom stereocenters. The van der Waals surface area contributed by atoms with Crippen molar-refractivity contribution in [1.29, 1.82) is 0 Å². The highest BCUT2D eigenvalue weighted by atomic mass is 16.5. The third-order valence-corrected chi connectivity index (χ3v) is 5.25. The molecular formula is C23H28N4O6. The summed E-state index contributed by atoms with van der Waals surface area (Å²) in [4.78, 5) is 53.0. The molecule has 3 rings (SSSR count). The standard InChI is InChI=1S/C23H28N4O6/c1-4-6-10-26(20-21(24)27(9-5-2)23(31)25-22(20)30)18(28)13-32-15-7-8-16-14(3)11-19(29)33-17(16)12-15/h7-8,11-12H,4-6,9-10,13,24H2,1-3H3,(H,25,30,31). The Morgan fingerprint density at radius 3 is 2.64 bits per heavy atom. The van der Waals surface area contributed by atoms with Crippen LogP contribution in [0, 0.1) is 6.92 Å². The van der Waals surface area contributed by atoms with Crippen molar-refractivity contribution in [3.63, 3.8) is 0 Å². The van der Waals surface area contributed by atoms with Gasteiger partial charge < -0.3 is 19.8 Å². The van der Waals surface area contributed by atoms with Crippen LogP contribution >= 0.6 is 0 Å². The van der Waals surface area contributed by atoms with Gasteiger partial charge in [-0.25, -0.2) is 9.59 Å². The third-order valence-electron chi connectivity index (χ3n) is 5.25. The summed E-state index contributed by atoms with van der Waals surface area (Å²) in [5, 5.41) is 0.760. The van der Waals surface area contributed by atoms with Crippen molar-refractivity contribution in [3.05, 3.63) is 61.1 Å². The molecular weight excluding hydrogens is 428 g/mol. The monoisotopic (exact) mass is 456 g/mol. The molecule has 3 aromatic rings. The van der Waals surface area contributed by atoms with Gasteiger partial charge >= 0.3 is 11.3 Å². The predicted octanol–water partition coefficient (Wildman–Crippen LogP) is 2.16. The normalized spacial score (nSPS) is 11.0. The number of aryl methyl sites for hydroxylation is 1. The number of aromatic nitrogens is 2. The lowest BCUT2D eigenvalue weighted by atomic mass is 10.1.